The number of benzene rings is 1. The van der Waals surface area contributed by atoms with Crippen molar-refractivity contribution in [2.24, 2.45) is 0 Å². The van der Waals surface area contributed by atoms with Crippen LogP contribution in [0, 0.1) is 0 Å². The summed E-state index contributed by atoms with van der Waals surface area (Å²) in [5.74, 6) is -0.0442. The van der Waals surface area contributed by atoms with Crippen LogP contribution < -0.4 is 0 Å². The maximum absolute atomic E-state index is 11.9. The van der Waals surface area contributed by atoms with Crippen molar-refractivity contribution in [1.29, 1.82) is 0 Å². The molecule has 2 N–H and O–H groups in total. The van der Waals surface area contributed by atoms with Crippen molar-refractivity contribution in [2.45, 2.75) is 88.8 Å². The van der Waals surface area contributed by atoms with Crippen LogP contribution in [0.15, 0.2) is 18.2 Å². The zero-order chi connectivity index (χ0) is 22.8. The van der Waals surface area contributed by atoms with Gasteiger partial charge in [0.15, 0.2) is 0 Å². The van der Waals surface area contributed by atoms with Crippen molar-refractivity contribution in [3.8, 4) is 0 Å². The van der Waals surface area contributed by atoms with Crippen LogP contribution in [0.1, 0.15) is 77.2 Å². The van der Waals surface area contributed by atoms with E-state index < -0.39 is 17.2 Å². The fraction of sp³-hybridized carbons (Fsp3) is 0.708. The molecule has 1 unspecified atom stereocenters. The van der Waals surface area contributed by atoms with E-state index in [4.69, 9.17) is 23.2 Å². The maximum atomic E-state index is 11.9. The Balaban J connectivity index is 1.75. The van der Waals surface area contributed by atoms with Gasteiger partial charge in [-0.3, -0.25) is 0 Å². The van der Waals surface area contributed by atoms with Gasteiger partial charge in [0.05, 0.1) is 15.6 Å². The normalized spacial score (nSPS) is 21.6. The molecule has 1 saturated heterocycles. The molecule has 1 atom stereocenters. The first-order chi connectivity index (χ1) is 14.5. The van der Waals surface area contributed by atoms with E-state index in [0.717, 1.165) is 63.7 Å². The quantitative estimate of drug-likeness (QED) is 0.552. The fourth-order valence-electron chi connectivity index (χ4n) is 5.44. The van der Waals surface area contributed by atoms with E-state index in [1.54, 1.807) is 4.90 Å². The molecule has 3 rings (SSSR count). The van der Waals surface area contributed by atoms with Gasteiger partial charge in [-0.15, -0.1) is 0 Å². The molecule has 31 heavy (non-hydrogen) atoms. The maximum Gasteiger partial charge on any atom is 0.407 e. The molecule has 2 aliphatic rings. The Hall–Kier alpha value is -1.01. The summed E-state index contributed by atoms with van der Waals surface area (Å²) in [6.07, 6.45) is 5.59. The molecule has 0 spiro atoms. The highest BCUT2D eigenvalue weighted by atomic mass is 35.5. The number of halogens is 2. The lowest BCUT2D eigenvalue weighted by molar-refractivity contribution is -0.0349. The monoisotopic (exact) mass is 470 g/mol. The van der Waals surface area contributed by atoms with Crippen LogP contribution in [0.4, 0.5) is 4.79 Å². The summed E-state index contributed by atoms with van der Waals surface area (Å²) in [4.78, 5) is 15.8. The van der Waals surface area contributed by atoms with E-state index in [1.165, 1.54) is 6.42 Å². The third-order valence-electron chi connectivity index (χ3n) is 7.01. The van der Waals surface area contributed by atoms with Gasteiger partial charge in [0.25, 0.3) is 0 Å². The number of carbonyl (C=O) groups is 1. The van der Waals surface area contributed by atoms with Gasteiger partial charge >= 0.3 is 6.09 Å². The number of nitrogens with zero attached hydrogens (tertiary/aromatic N) is 2. The number of piperidine rings is 1. The van der Waals surface area contributed by atoms with Crippen molar-refractivity contribution >= 4 is 29.3 Å². The number of aliphatic hydroxyl groups is 1. The molecule has 174 valence electrons. The zero-order valence-electron chi connectivity index (χ0n) is 18.9. The SMILES string of the molecule is CC(C)(C)N(C(=O)O)C1CCN(CC(c2ccc(Cl)c(Cl)c2)C2(O)CCCCC2)CC1. The van der Waals surface area contributed by atoms with E-state index >= 15 is 0 Å². The number of amides is 1. The highest BCUT2D eigenvalue weighted by molar-refractivity contribution is 6.42. The average molecular weight is 471 g/mol. The van der Waals surface area contributed by atoms with Gasteiger partial charge in [-0.1, -0.05) is 48.5 Å². The smallest absolute Gasteiger partial charge is 0.407 e. The van der Waals surface area contributed by atoms with Crippen LogP contribution >= 0.6 is 23.2 Å². The lowest BCUT2D eigenvalue weighted by Crippen LogP contribution is -2.55. The van der Waals surface area contributed by atoms with Crippen LogP contribution in [-0.2, 0) is 0 Å². The minimum atomic E-state index is -0.851. The molecule has 1 saturated carbocycles. The van der Waals surface area contributed by atoms with E-state index in [2.05, 4.69) is 4.90 Å². The van der Waals surface area contributed by atoms with Gasteiger partial charge in [-0.25, -0.2) is 4.79 Å². The summed E-state index contributed by atoms with van der Waals surface area (Å²) >= 11 is 12.5. The Morgan fingerprint density at radius 3 is 2.29 bits per heavy atom. The third kappa shape index (κ3) is 5.87. The standard InChI is InChI=1S/C24H36Cl2N2O3/c1-23(2,3)28(22(29)30)18-9-13-27(14-10-18)16-19(24(31)11-5-4-6-12-24)17-7-8-20(25)21(26)15-17/h7-8,15,18-19,31H,4-6,9-14,16H2,1-3H3,(H,29,30). The van der Waals surface area contributed by atoms with Gasteiger partial charge < -0.3 is 20.0 Å². The molecule has 7 heteroatoms. The summed E-state index contributed by atoms with van der Waals surface area (Å²) in [5.41, 5.74) is -0.133. The first kappa shape index (κ1) is 24.6. The molecule has 1 aliphatic heterocycles. The van der Waals surface area contributed by atoms with Crippen LogP contribution in [0.3, 0.4) is 0 Å². The third-order valence-corrected chi connectivity index (χ3v) is 7.74. The summed E-state index contributed by atoms with van der Waals surface area (Å²) in [6.45, 7) is 8.23. The minimum Gasteiger partial charge on any atom is -0.465 e. The second-order valence-corrected chi connectivity index (χ2v) is 11.1. The zero-order valence-corrected chi connectivity index (χ0v) is 20.4. The van der Waals surface area contributed by atoms with Gasteiger partial charge in [0.2, 0.25) is 0 Å². The molecule has 5 nitrogen and oxygen atoms in total. The van der Waals surface area contributed by atoms with Crippen molar-refractivity contribution in [1.82, 2.24) is 9.80 Å². The fourth-order valence-corrected chi connectivity index (χ4v) is 5.74. The van der Waals surface area contributed by atoms with E-state index in [9.17, 15) is 15.0 Å². The molecule has 0 radical (unpaired) electrons. The second kappa shape index (κ2) is 9.86. The molecule has 0 aromatic heterocycles. The predicted molar refractivity (Wildman–Crippen MR) is 126 cm³/mol. The van der Waals surface area contributed by atoms with Crippen molar-refractivity contribution in [2.75, 3.05) is 19.6 Å². The van der Waals surface area contributed by atoms with Crippen LogP contribution in [0.5, 0.6) is 0 Å². The van der Waals surface area contributed by atoms with Crippen LogP contribution in [-0.4, -0.2) is 62.9 Å². The molecular formula is C24H36Cl2N2O3. The molecule has 2 fully saturated rings. The highest BCUT2D eigenvalue weighted by Gasteiger charge is 2.41. The Bertz CT molecular complexity index is 767. The number of carboxylic acid groups (broad SMARTS) is 1. The summed E-state index contributed by atoms with van der Waals surface area (Å²) in [6, 6.07) is 5.73. The van der Waals surface area contributed by atoms with Gasteiger partial charge in [0, 0.05) is 37.1 Å². The van der Waals surface area contributed by atoms with Crippen LogP contribution in [0.25, 0.3) is 0 Å². The molecule has 1 aromatic rings. The lowest BCUT2D eigenvalue weighted by Gasteiger charge is -2.46. The molecule has 1 aromatic carbocycles. The summed E-state index contributed by atoms with van der Waals surface area (Å²) in [7, 11) is 0. The van der Waals surface area contributed by atoms with Crippen molar-refractivity contribution < 1.29 is 15.0 Å². The summed E-state index contributed by atoms with van der Waals surface area (Å²) in [5, 5.41) is 22.4. The minimum absolute atomic E-state index is 0.0231. The molecule has 1 aliphatic carbocycles. The topological polar surface area (TPSA) is 64.0 Å². The molecule has 1 heterocycles. The molecule has 1 amide bonds. The Morgan fingerprint density at radius 1 is 1.16 bits per heavy atom. The first-order valence-corrected chi connectivity index (χ1v) is 12.2. The van der Waals surface area contributed by atoms with Gasteiger partial charge in [-0.2, -0.15) is 0 Å². The molecular weight excluding hydrogens is 435 g/mol. The van der Waals surface area contributed by atoms with Crippen LogP contribution in [0.2, 0.25) is 10.0 Å². The second-order valence-electron chi connectivity index (χ2n) is 10.2. The van der Waals surface area contributed by atoms with E-state index in [-0.39, 0.29) is 12.0 Å². The Morgan fingerprint density at radius 2 is 1.77 bits per heavy atom. The molecule has 0 bridgehead atoms. The largest absolute Gasteiger partial charge is 0.465 e. The lowest BCUT2D eigenvalue weighted by atomic mass is 9.72. The van der Waals surface area contributed by atoms with Gasteiger partial charge in [-0.05, 0) is 64.2 Å². The van der Waals surface area contributed by atoms with E-state index in [1.807, 2.05) is 39.0 Å². The highest BCUT2D eigenvalue weighted by Crippen LogP contribution is 2.42. The Kier molecular flexibility index (Phi) is 7.83. The number of likely N-dealkylation sites (tertiary alicyclic amines) is 1. The average Bonchev–Trinajstić information content (AvgIpc) is 2.69. The number of hydrogen-bond donors (Lipinski definition) is 2. The van der Waals surface area contributed by atoms with Crippen molar-refractivity contribution in [3.63, 3.8) is 0 Å². The first-order valence-electron chi connectivity index (χ1n) is 11.4. The van der Waals surface area contributed by atoms with Crippen molar-refractivity contribution in [3.05, 3.63) is 33.8 Å². The predicted octanol–water partition coefficient (Wildman–Crippen LogP) is 6.02. The number of hydrogen-bond acceptors (Lipinski definition) is 3. The number of rotatable bonds is 5. The summed E-state index contributed by atoms with van der Waals surface area (Å²) < 4.78 is 0. The van der Waals surface area contributed by atoms with E-state index in [0.29, 0.717) is 10.0 Å². The van der Waals surface area contributed by atoms with Gasteiger partial charge in [0.1, 0.15) is 0 Å². The Labute approximate surface area is 196 Å².